The number of ether oxygens (including phenoxy) is 2. The Bertz CT molecular complexity index is 1420. The third kappa shape index (κ3) is 6.98. The number of carbonyl (C=O) groups excluding carboxylic acids is 1. The predicted molar refractivity (Wildman–Crippen MR) is 114 cm³/mol. The van der Waals surface area contributed by atoms with Crippen LogP contribution in [0.25, 0.3) is 21.9 Å². The summed E-state index contributed by atoms with van der Waals surface area (Å²) in [7, 11) is 0. The number of benzene rings is 2. The first-order valence-corrected chi connectivity index (χ1v) is 10.1. The molecule has 0 saturated carbocycles. The van der Waals surface area contributed by atoms with Gasteiger partial charge in [-0.05, 0) is 29.8 Å². The van der Waals surface area contributed by atoms with E-state index < -0.39 is 23.3 Å². The predicted octanol–water partition coefficient (Wildman–Crippen LogP) is -4.33. The molecule has 0 saturated heterocycles. The van der Waals surface area contributed by atoms with Gasteiger partial charge in [0.25, 0.3) is 0 Å². The fourth-order valence-corrected chi connectivity index (χ4v) is 3.33. The van der Waals surface area contributed by atoms with Gasteiger partial charge in [-0.2, -0.15) is 0 Å². The van der Waals surface area contributed by atoms with Crippen molar-refractivity contribution >= 4 is 27.9 Å². The molecule has 0 spiro atoms. The minimum atomic E-state index is -1.59. The molecular formula is C24H18Na2O9. The van der Waals surface area contributed by atoms with Crippen molar-refractivity contribution in [3.63, 3.8) is 0 Å². The number of carbonyl (C=O) groups is 1. The molecule has 2 aromatic heterocycles. The molecule has 0 aliphatic carbocycles. The first-order chi connectivity index (χ1) is 15.9. The molecule has 0 amide bonds. The zero-order valence-electron chi connectivity index (χ0n) is 19.2. The summed E-state index contributed by atoms with van der Waals surface area (Å²) < 4.78 is 21.6. The third-order valence-electron chi connectivity index (χ3n) is 4.93. The van der Waals surface area contributed by atoms with E-state index in [0.29, 0.717) is 16.7 Å². The fraction of sp³-hybridized carbons (Fsp3) is 0.208. The van der Waals surface area contributed by atoms with Gasteiger partial charge >= 0.3 is 59.1 Å². The molecule has 4 aromatic rings. The summed E-state index contributed by atoms with van der Waals surface area (Å²) in [5.41, 5.74) is -0.421. The Morgan fingerprint density at radius 2 is 1.51 bits per heavy atom. The van der Waals surface area contributed by atoms with Gasteiger partial charge in [0, 0.05) is 24.5 Å². The summed E-state index contributed by atoms with van der Waals surface area (Å²) in [5, 5.41) is 21.6. The largest absolute Gasteiger partial charge is 1.00 e. The van der Waals surface area contributed by atoms with Gasteiger partial charge in [0.05, 0.1) is 24.7 Å². The summed E-state index contributed by atoms with van der Waals surface area (Å²) in [5.74, 6) is -1.58. The molecule has 11 heteroatoms. The molecule has 4 rings (SSSR count). The van der Waals surface area contributed by atoms with Crippen LogP contribution in [0.3, 0.4) is 0 Å². The second-order valence-corrected chi connectivity index (χ2v) is 7.18. The Morgan fingerprint density at radius 3 is 2.11 bits per heavy atom. The van der Waals surface area contributed by atoms with E-state index in [1.807, 2.05) is 0 Å². The minimum absolute atomic E-state index is 0. The SMILES string of the molecule is O=C([O-])c1cc(=O)c2c(OCCC(O)CCOc3cccc4o[c-]cc(=O)c34)cccc2o1.[Na+].[Na+]. The second-order valence-electron chi connectivity index (χ2n) is 7.18. The number of hydrogen-bond donors (Lipinski definition) is 1. The minimum Gasteiger partial charge on any atom is -0.580 e. The van der Waals surface area contributed by atoms with Crippen molar-refractivity contribution in [2.45, 2.75) is 18.9 Å². The zero-order chi connectivity index (χ0) is 23.4. The van der Waals surface area contributed by atoms with Gasteiger partial charge in [-0.3, -0.25) is 4.79 Å². The number of carboxylic acid groups (broad SMARTS) is 1. The first-order valence-electron chi connectivity index (χ1n) is 10.1. The average molecular weight is 496 g/mol. The number of aromatic carboxylic acids is 1. The molecule has 1 N–H and O–H groups in total. The topological polar surface area (TPSA) is 139 Å². The Labute approximate surface area is 243 Å². The van der Waals surface area contributed by atoms with Crippen LogP contribution in [0.1, 0.15) is 23.4 Å². The molecule has 9 nitrogen and oxygen atoms in total. The summed E-state index contributed by atoms with van der Waals surface area (Å²) in [6, 6.07) is 11.6. The Balaban J connectivity index is 0.00000216. The van der Waals surface area contributed by atoms with Crippen molar-refractivity contribution in [2.75, 3.05) is 13.2 Å². The van der Waals surface area contributed by atoms with Crippen molar-refractivity contribution < 1.29 is 92.4 Å². The van der Waals surface area contributed by atoms with E-state index in [1.54, 1.807) is 30.3 Å². The van der Waals surface area contributed by atoms with Crippen LogP contribution in [0.5, 0.6) is 11.5 Å². The Morgan fingerprint density at radius 1 is 0.943 bits per heavy atom. The van der Waals surface area contributed by atoms with Crippen LogP contribution in [-0.2, 0) is 0 Å². The van der Waals surface area contributed by atoms with Crippen LogP contribution >= 0.6 is 0 Å². The van der Waals surface area contributed by atoms with Gasteiger partial charge in [-0.1, -0.05) is 24.3 Å². The summed E-state index contributed by atoms with van der Waals surface area (Å²) in [6.45, 7) is 0.248. The number of rotatable bonds is 9. The van der Waals surface area contributed by atoms with E-state index in [2.05, 4.69) is 6.26 Å². The van der Waals surface area contributed by atoms with E-state index in [-0.39, 0.29) is 107 Å². The number of hydrogen-bond acceptors (Lipinski definition) is 9. The van der Waals surface area contributed by atoms with Crippen LogP contribution in [-0.4, -0.2) is 30.4 Å². The molecule has 1 unspecified atom stereocenters. The molecular weight excluding hydrogens is 478 g/mol. The molecule has 2 heterocycles. The molecule has 0 aliphatic heterocycles. The number of fused-ring (bicyclic) bond motifs is 2. The van der Waals surface area contributed by atoms with Crippen molar-refractivity contribution in [2.24, 2.45) is 0 Å². The van der Waals surface area contributed by atoms with E-state index in [0.717, 1.165) is 6.07 Å². The monoisotopic (exact) mass is 496 g/mol. The van der Waals surface area contributed by atoms with Crippen molar-refractivity contribution in [3.05, 3.63) is 81.0 Å². The second kappa shape index (κ2) is 13.3. The van der Waals surface area contributed by atoms with Gasteiger partial charge in [0.15, 0.2) is 11.2 Å². The number of aliphatic hydroxyl groups is 1. The van der Waals surface area contributed by atoms with Gasteiger partial charge in [0.2, 0.25) is 0 Å². The smallest absolute Gasteiger partial charge is 0.580 e. The van der Waals surface area contributed by atoms with Gasteiger partial charge in [-0.25, -0.2) is 0 Å². The number of carboxylic acids is 1. The molecule has 0 bridgehead atoms. The molecule has 2 aromatic carbocycles. The summed E-state index contributed by atoms with van der Waals surface area (Å²) >= 11 is 0. The molecule has 0 aliphatic rings. The van der Waals surface area contributed by atoms with Crippen LogP contribution in [0.2, 0.25) is 0 Å². The van der Waals surface area contributed by atoms with Gasteiger partial charge in [-0.15, -0.1) is 0 Å². The Kier molecular flexibility index (Phi) is 11.0. The van der Waals surface area contributed by atoms with Crippen molar-refractivity contribution in [3.8, 4) is 11.5 Å². The maximum Gasteiger partial charge on any atom is 1.00 e. The standard InChI is InChI=1S/C24H19O9.2Na/c25-14(7-10-30-17-3-1-4-18-22(17)15(26)9-12-32-18)8-11-31-19-5-2-6-20-23(19)16(27)13-21(33-20)24(28)29;;/h1-6,9,13-14,25H,7-8,10-11H2,(H,28,29);;/q-1;2*+1/p-1. The van der Waals surface area contributed by atoms with Gasteiger partial charge in [0.1, 0.15) is 28.4 Å². The van der Waals surface area contributed by atoms with E-state index in [4.69, 9.17) is 18.3 Å². The van der Waals surface area contributed by atoms with E-state index in [9.17, 15) is 24.6 Å². The molecule has 0 fully saturated rings. The molecule has 1 atom stereocenters. The zero-order valence-corrected chi connectivity index (χ0v) is 23.2. The average Bonchev–Trinajstić information content (AvgIpc) is 2.79. The maximum absolute atomic E-state index is 12.3. The van der Waals surface area contributed by atoms with Crippen LogP contribution in [0.4, 0.5) is 0 Å². The Hall–Kier alpha value is -2.11. The van der Waals surface area contributed by atoms with Crippen LogP contribution in [0.15, 0.2) is 67.0 Å². The normalized spacial score (nSPS) is 11.3. The van der Waals surface area contributed by atoms with Crippen molar-refractivity contribution in [1.29, 1.82) is 0 Å². The molecule has 35 heavy (non-hydrogen) atoms. The third-order valence-corrected chi connectivity index (χ3v) is 4.93. The van der Waals surface area contributed by atoms with Crippen molar-refractivity contribution in [1.82, 2.24) is 0 Å². The summed E-state index contributed by atoms with van der Waals surface area (Å²) in [4.78, 5) is 35.3. The van der Waals surface area contributed by atoms with Crippen LogP contribution < -0.4 is 84.6 Å². The maximum atomic E-state index is 12.3. The van der Waals surface area contributed by atoms with Gasteiger partial charge < -0.3 is 38.1 Å². The summed E-state index contributed by atoms with van der Waals surface area (Å²) in [6.07, 6.45) is 2.17. The fourth-order valence-electron chi connectivity index (χ4n) is 3.33. The van der Waals surface area contributed by atoms with E-state index in [1.165, 1.54) is 12.1 Å². The van der Waals surface area contributed by atoms with E-state index >= 15 is 0 Å². The van der Waals surface area contributed by atoms with Crippen LogP contribution in [0, 0.1) is 6.26 Å². The quantitative estimate of drug-likeness (QED) is 0.180. The molecule has 0 radical (unpaired) electrons. The number of aliphatic hydroxyl groups excluding tert-OH is 1. The molecule has 170 valence electrons. The first kappa shape index (κ1) is 29.1.